The Morgan fingerprint density at radius 3 is 2.76 bits per heavy atom. The van der Waals surface area contributed by atoms with Gasteiger partial charge in [-0.2, -0.15) is 0 Å². The first-order valence-corrected chi connectivity index (χ1v) is 8.43. The first-order chi connectivity index (χ1) is 12.0. The van der Waals surface area contributed by atoms with Crippen LogP contribution in [0.3, 0.4) is 0 Å². The lowest BCUT2D eigenvalue weighted by atomic mass is 10.1. The van der Waals surface area contributed by atoms with Crippen LogP contribution in [0.5, 0.6) is 11.5 Å². The number of halogens is 1. The van der Waals surface area contributed by atoms with Gasteiger partial charge in [0.25, 0.3) is 0 Å². The second-order valence-electron chi connectivity index (χ2n) is 5.51. The molecule has 0 saturated heterocycles. The van der Waals surface area contributed by atoms with E-state index in [2.05, 4.69) is 5.32 Å². The number of benzene rings is 2. The van der Waals surface area contributed by atoms with Crippen LogP contribution in [0.15, 0.2) is 42.5 Å². The molecule has 0 unspecified atom stereocenters. The summed E-state index contributed by atoms with van der Waals surface area (Å²) < 4.78 is 10.8. The van der Waals surface area contributed by atoms with Gasteiger partial charge in [-0.3, -0.25) is 4.79 Å². The van der Waals surface area contributed by atoms with Gasteiger partial charge in [-0.05, 0) is 43.2 Å². The lowest BCUT2D eigenvalue weighted by Crippen LogP contribution is -2.20. The Hall–Kier alpha value is -2.46. The number of carbonyl (C=O) groups excluding carboxylic acids is 1. The molecule has 0 spiro atoms. The average molecular weight is 360 g/mol. The van der Waals surface area contributed by atoms with Gasteiger partial charge in [0.1, 0.15) is 0 Å². The van der Waals surface area contributed by atoms with Crippen LogP contribution in [0.2, 0.25) is 5.02 Å². The van der Waals surface area contributed by atoms with Crippen molar-refractivity contribution in [1.29, 1.82) is 0 Å². The highest BCUT2D eigenvalue weighted by atomic mass is 35.5. The van der Waals surface area contributed by atoms with E-state index < -0.39 is 0 Å². The number of hydrogen-bond donors (Lipinski definition) is 1. The summed E-state index contributed by atoms with van der Waals surface area (Å²) in [5, 5.41) is 3.29. The lowest BCUT2D eigenvalue weighted by molar-refractivity contribution is -0.116. The highest BCUT2D eigenvalue weighted by molar-refractivity contribution is 6.32. The second kappa shape index (κ2) is 9.14. The Morgan fingerprint density at radius 2 is 2.08 bits per heavy atom. The molecule has 0 saturated carbocycles. The quantitative estimate of drug-likeness (QED) is 0.746. The molecule has 1 amide bonds. The van der Waals surface area contributed by atoms with Crippen LogP contribution in [0, 0.1) is 6.92 Å². The molecule has 2 aromatic rings. The molecule has 2 rings (SSSR count). The summed E-state index contributed by atoms with van der Waals surface area (Å²) in [6, 6.07) is 11.5. The fraction of sp³-hybridized carbons (Fsp3) is 0.250. The number of ether oxygens (including phenoxy) is 2. The predicted octanol–water partition coefficient (Wildman–Crippen LogP) is 4.39. The maximum Gasteiger partial charge on any atom is 0.244 e. The zero-order valence-electron chi connectivity index (χ0n) is 14.6. The maximum absolute atomic E-state index is 12.0. The summed E-state index contributed by atoms with van der Waals surface area (Å²) in [6.45, 7) is 4.74. The molecule has 0 atom stereocenters. The molecule has 0 aromatic heterocycles. The Bertz CT molecular complexity index is 772. The minimum atomic E-state index is -0.175. The van der Waals surface area contributed by atoms with Crippen LogP contribution < -0.4 is 14.8 Å². The van der Waals surface area contributed by atoms with Crippen LogP contribution in [-0.2, 0) is 11.3 Å². The third-order valence-electron chi connectivity index (χ3n) is 3.51. The van der Waals surface area contributed by atoms with Gasteiger partial charge >= 0.3 is 0 Å². The molecule has 1 N–H and O–H groups in total. The molecule has 0 heterocycles. The van der Waals surface area contributed by atoms with Gasteiger partial charge < -0.3 is 14.8 Å². The molecule has 0 radical (unpaired) electrons. The molecule has 4 nitrogen and oxygen atoms in total. The normalized spacial score (nSPS) is 10.7. The van der Waals surface area contributed by atoms with Gasteiger partial charge in [0, 0.05) is 12.6 Å². The van der Waals surface area contributed by atoms with Gasteiger partial charge in [0.2, 0.25) is 5.91 Å². The van der Waals surface area contributed by atoms with Crippen molar-refractivity contribution >= 4 is 23.6 Å². The molecule has 25 heavy (non-hydrogen) atoms. The summed E-state index contributed by atoms with van der Waals surface area (Å²) in [6.07, 6.45) is 3.30. The molecular formula is C20H22ClNO3. The van der Waals surface area contributed by atoms with Crippen LogP contribution in [0.1, 0.15) is 23.6 Å². The largest absolute Gasteiger partial charge is 0.493 e. The smallest absolute Gasteiger partial charge is 0.244 e. The highest BCUT2D eigenvalue weighted by Crippen LogP contribution is 2.36. The van der Waals surface area contributed by atoms with Crippen molar-refractivity contribution in [2.24, 2.45) is 0 Å². The molecule has 5 heteroatoms. The number of rotatable bonds is 7. The Morgan fingerprint density at radius 1 is 1.28 bits per heavy atom. The molecule has 2 aromatic carbocycles. The molecule has 0 fully saturated rings. The molecular weight excluding hydrogens is 338 g/mol. The first kappa shape index (κ1) is 18.9. The Balaban J connectivity index is 2.00. The highest BCUT2D eigenvalue weighted by Gasteiger charge is 2.11. The van der Waals surface area contributed by atoms with Crippen molar-refractivity contribution in [1.82, 2.24) is 5.32 Å². The summed E-state index contributed by atoms with van der Waals surface area (Å²) in [7, 11) is 1.56. The van der Waals surface area contributed by atoms with Gasteiger partial charge in [-0.15, -0.1) is 0 Å². The molecule has 0 bridgehead atoms. The number of amides is 1. The minimum absolute atomic E-state index is 0.175. The SMILES string of the molecule is CCOc1c(Cl)cc(CNC(=O)C=Cc2cccc(C)c2)cc1OC. The summed E-state index contributed by atoms with van der Waals surface area (Å²) in [5.41, 5.74) is 2.97. The van der Waals surface area contributed by atoms with E-state index in [1.54, 1.807) is 25.3 Å². The van der Waals surface area contributed by atoms with Gasteiger partial charge in [-0.1, -0.05) is 41.4 Å². The fourth-order valence-electron chi connectivity index (χ4n) is 2.35. The van der Waals surface area contributed by atoms with E-state index in [4.69, 9.17) is 21.1 Å². The van der Waals surface area contributed by atoms with E-state index in [0.717, 1.165) is 16.7 Å². The second-order valence-corrected chi connectivity index (χ2v) is 5.91. The van der Waals surface area contributed by atoms with E-state index in [1.807, 2.05) is 38.1 Å². The van der Waals surface area contributed by atoms with Crippen molar-refractivity contribution < 1.29 is 14.3 Å². The molecule has 0 aliphatic carbocycles. The third kappa shape index (κ3) is 5.54. The lowest BCUT2D eigenvalue weighted by Gasteiger charge is -2.13. The number of hydrogen-bond acceptors (Lipinski definition) is 3. The topological polar surface area (TPSA) is 47.6 Å². The Kier molecular flexibility index (Phi) is 6.90. The van der Waals surface area contributed by atoms with Crippen molar-refractivity contribution in [3.63, 3.8) is 0 Å². The van der Waals surface area contributed by atoms with Crippen LogP contribution in [-0.4, -0.2) is 19.6 Å². The van der Waals surface area contributed by atoms with Gasteiger partial charge in [-0.25, -0.2) is 0 Å². The maximum atomic E-state index is 12.0. The summed E-state index contributed by atoms with van der Waals surface area (Å²) >= 11 is 6.23. The van der Waals surface area contributed by atoms with E-state index in [9.17, 15) is 4.79 Å². The predicted molar refractivity (Wildman–Crippen MR) is 101 cm³/mol. The number of methoxy groups -OCH3 is 1. The van der Waals surface area contributed by atoms with Crippen molar-refractivity contribution in [3.8, 4) is 11.5 Å². The summed E-state index contributed by atoms with van der Waals surface area (Å²) in [5.74, 6) is 0.889. The molecule has 0 aliphatic rings. The van der Waals surface area contributed by atoms with Crippen molar-refractivity contribution in [2.75, 3.05) is 13.7 Å². The van der Waals surface area contributed by atoms with E-state index in [0.29, 0.717) is 29.7 Å². The standard InChI is InChI=1S/C20H22ClNO3/c1-4-25-20-17(21)11-16(12-18(20)24-3)13-22-19(23)9-8-15-7-5-6-14(2)10-15/h5-12H,4,13H2,1-3H3,(H,22,23). The third-order valence-corrected chi connectivity index (χ3v) is 3.79. The van der Waals surface area contributed by atoms with Crippen molar-refractivity contribution in [2.45, 2.75) is 20.4 Å². The van der Waals surface area contributed by atoms with Crippen LogP contribution in [0.25, 0.3) is 6.08 Å². The number of aryl methyl sites for hydroxylation is 1. The van der Waals surface area contributed by atoms with E-state index in [1.165, 1.54) is 6.08 Å². The van der Waals surface area contributed by atoms with Crippen LogP contribution >= 0.6 is 11.6 Å². The number of nitrogens with one attached hydrogen (secondary N) is 1. The zero-order chi connectivity index (χ0) is 18.2. The first-order valence-electron chi connectivity index (χ1n) is 8.05. The fourth-order valence-corrected chi connectivity index (χ4v) is 2.64. The minimum Gasteiger partial charge on any atom is -0.493 e. The van der Waals surface area contributed by atoms with Gasteiger partial charge in [0.05, 0.1) is 18.7 Å². The Labute approximate surface area is 153 Å². The van der Waals surface area contributed by atoms with E-state index in [-0.39, 0.29) is 5.91 Å². The molecule has 132 valence electrons. The van der Waals surface area contributed by atoms with E-state index >= 15 is 0 Å². The average Bonchev–Trinajstić information content (AvgIpc) is 2.60. The van der Waals surface area contributed by atoms with Crippen LogP contribution in [0.4, 0.5) is 0 Å². The summed E-state index contributed by atoms with van der Waals surface area (Å²) in [4.78, 5) is 12.0. The number of carbonyl (C=O) groups is 1. The molecule has 0 aliphatic heterocycles. The monoisotopic (exact) mass is 359 g/mol. The van der Waals surface area contributed by atoms with Crippen molar-refractivity contribution in [3.05, 3.63) is 64.2 Å². The van der Waals surface area contributed by atoms with Gasteiger partial charge in [0.15, 0.2) is 11.5 Å². The zero-order valence-corrected chi connectivity index (χ0v) is 15.4.